The Morgan fingerprint density at radius 1 is 1.23 bits per heavy atom. The molecule has 0 aliphatic heterocycles. The van der Waals surface area contributed by atoms with Crippen molar-refractivity contribution < 1.29 is 13.9 Å². The smallest absolute Gasteiger partial charge is 0.225 e. The van der Waals surface area contributed by atoms with Gasteiger partial charge in [-0.3, -0.25) is 0 Å². The van der Waals surface area contributed by atoms with Crippen LogP contribution in [0.1, 0.15) is 16.0 Å². The van der Waals surface area contributed by atoms with E-state index in [2.05, 4.69) is 9.97 Å². The van der Waals surface area contributed by atoms with Gasteiger partial charge in [0.05, 0.1) is 12.5 Å². The van der Waals surface area contributed by atoms with Crippen molar-refractivity contribution in [1.82, 2.24) is 9.97 Å². The number of methoxy groups -OCH3 is 1. The van der Waals surface area contributed by atoms with Gasteiger partial charge in [-0.1, -0.05) is 6.07 Å². The molecule has 114 valence electrons. The zero-order valence-corrected chi connectivity index (χ0v) is 13.3. The number of hydrogen-bond donors (Lipinski definition) is 0. The number of thiophene rings is 1. The molecule has 0 saturated carbocycles. The Bertz CT molecular complexity index is 832. The monoisotopic (exact) mass is 318 g/mol. The summed E-state index contributed by atoms with van der Waals surface area (Å²) in [6.07, 6.45) is 1.49. The van der Waals surface area contributed by atoms with Gasteiger partial charge in [0.25, 0.3) is 0 Å². The van der Waals surface area contributed by atoms with Gasteiger partial charge in [-0.15, -0.1) is 11.3 Å². The van der Waals surface area contributed by atoms with Gasteiger partial charge >= 0.3 is 0 Å². The second-order valence-electron chi connectivity index (χ2n) is 4.90. The highest BCUT2D eigenvalue weighted by atomic mass is 32.1. The maximum Gasteiger partial charge on any atom is 0.225 e. The third-order valence-corrected chi connectivity index (χ3v) is 4.64. The second kappa shape index (κ2) is 5.88. The molecule has 0 atom stereocenters. The van der Waals surface area contributed by atoms with E-state index >= 15 is 0 Å². The quantitative estimate of drug-likeness (QED) is 0.728. The first kappa shape index (κ1) is 14.7. The molecule has 3 aromatic rings. The maximum atomic E-state index is 13.7. The summed E-state index contributed by atoms with van der Waals surface area (Å²) in [5.74, 6) is 0.347. The second-order valence-corrected chi connectivity index (χ2v) is 6.10. The van der Waals surface area contributed by atoms with Crippen LogP contribution >= 0.6 is 11.3 Å². The molecule has 2 heterocycles. The van der Waals surface area contributed by atoms with Crippen LogP contribution in [0, 0.1) is 19.7 Å². The number of hydrogen-bond acceptors (Lipinski definition) is 5. The van der Waals surface area contributed by atoms with Gasteiger partial charge in [-0.2, -0.15) is 0 Å². The van der Waals surface area contributed by atoms with Crippen molar-refractivity contribution in [3.63, 3.8) is 0 Å². The fourth-order valence-electron chi connectivity index (χ4n) is 2.21. The minimum Gasteiger partial charge on any atom is -0.494 e. The van der Waals surface area contributed by atoms with Gasteiger partial charge in [0.1, 0.15) is 17.8 Å². The SMILES string of the molecule is COc1ccc(COc2ncnc3sc(C)c(C)c23)cc1F. The van der Waals surface area contributed by atoms with E-state index in [4.69, 9.17) is 9.47 Å². The maximum absolute atomic E-state index is 13.7. The average molecular weight is 318 g/mol. The number of aromatic nitrogens is 2. The van der Waals surface area contributed by atoms with Crippen LogP contribution in [0.3, 0.4) is 0 Å². The number of aryl methyl sites for hydroxylation is 2. The zero-order chi connectivity index (χ0) is 15.7. The lowest BCUT2D eigenvalue weighted by molar-refractivity contribution is 0.296. The van der Waals surface area contributed by atoms with E-state index in [-0.39, 0.29) is 12.4 Å². The molecule has 0 spiro atoms. The minimum atomic E-state index is -0.404. The highest BCUT2D eigenvalue weighted by molar-refractivity contribution is 7.18. The number of halogens is 1. The van der Waals surface area contributed by atoms with Crippen molar-refractivity contribution in [2.75, 3.05) is 7.11 Å². The van der Waals surface area contributed by atoms with Crippen molar-refractivity contribution in [1.29, 1.82) is 0 Å². The summed E-state index contributed by atoms with van der Waals surface area (Å²) in [6.45, 7) is 4.31. The van der Waals surface area contributed by atoms with Gasteiger partial charge in [0.2, 0.25) is 5.88 Å². The van der Waals surface area contributed by atoms with Crippen molar-refractivity contribution >= 4 is 21.6 Å². The standard InChI is InChI=1S/C16H15FN2O2S/c1-9-10(2)22-16-14(9)15(18-8-19-16)21-7-11-4-5-13(20-3)12(17)6-11/h4-6,8H,7H2,1-3H3. The van der Waals surface area contributed by atoms with E-state index in [0.29, 0.717) is 5.88 Å². The number of nitrogens with zero attached hydrogens (tertiary/aromatic N) is 2. The van der Waals surface area contributed by atoms with E-state index in [0.717, 1.165) is 21.3 Å². The lowest BCUT2D eigenvalue weighted by atomic mass is 10.2. The fraction of sp³-hybridized carbons (Fsp3) is 0.250. The molecule has 22 heavy (non-hydrogen) atoms. The van der Waals surface area contributed by atoms with Crippen molar-refractivity contribution in [3.8, 4) is 11.6 Å². The molecule has 0 saturated heterocycles. The lowest BCUT2D eigenvalue weighted by Gasteiger charge is -2.08. The molecule has 0 aliphatic carbocycles. The summed E-state index contributed by atoms with van der Waals surface area (Å²) in [4.78, 5) is 10.6. The Labute approximate surface area is 131 Å². The predicted octanol–water partition coefficient (Wildman–Crippen LogP) is 4.03. The molecule has 3 rings (SSSR count). The summed E-state index contributed by atoms with van der Waals surface area (Å²) in [6, 6.07) is 4.76. The molecule has 2 aromatic heterocycles. The summed E-state index contributed by atoms with van der Waals surface area (Å²) in [5.41, 5.74) is 1.84. The third kappa shape index (κ3) is 2.62. The Morgan fingerprint density at radius 3 is 2.77 bits per heavy atom. The summed E-state index contributed by atoms with van der Waals surface area (Å²) in [7, 11) is 1.44. The van der Waals surface area contributed by atoms with Crippen LogP contribution in [0.15, 0.2) is 24.5 Å². The first-order chi connectivity index (χ1) is 10.6. The van der Waals surface area contributed by atoms with Gasteiger partial charge < -0.3 is 9.47 Å². The van der Waals surface area contributed by atoms with Gasteiger partial charge in [0, 0.05) is 4.88 Å². The van der Waals surface area contributed by atoms with Crippen LogP contribution in [0.25, 0.3) is 10.2 Å². The van der Waals surface area contributed by atoms with Crippen LogP contribution < -0.4 is 9.47 Å². The van der Waals surface area contributed by atoms with Crippen LogP contribution in [0.5, 0.6) is 11.6 Å². The van der Waals surface area contributed by atoms with E-state index in [9.17, 15) is 4.39 Å². The van der Waals surface area contributed by atoms with Gasteiger partial charge in [-0.25, -0.2) is 14.4 Å². The number of ether oxygens (including phenoxy) is 2. The summed E-state index contributed by atoms with van der Waals surface area (Å²) in [5, 5.41) is 0.930. The van der Waals surface area contributed by atoms with Gasteiger partial charge in [0.15, 0.2) is 11.6 Å². The zero-order valence-electron chi connectivity index (χ0n) is 12.5. The summed E-state index contributed by atoms with van der Waals surface area (Å²) < 4.78 is 24.4. The van der Waals surface area contributed by atoms with Crippen molar-refractivity contribution in [2.45, 2.75) is 20.5 Å². The normalized spacial score (nSPS) is 10.9. The molecule has 6 heteroatoms. The Kier molecular flexibility index (Phi) is 3.94. The van der Waals surface area contributed by atoms with Crippen molar-refractivity contribution in [3.05, 3.63) is 46.3 Å². The molecule has 0 amide bonds. The minimum absolute atomic E-state index is 0.220. The van der Waals surface area contributed by atoms with E-state index in [1.165, 1.54) is 24.4 Å². The van der Waals surface area contributed by atoms with E-state index < -0.39 is 5.82 Å². The molecule has 0 radical (unpaired) electrons. The van der Waals surface area contributed by atoms with Crippen LogP contribution in [-0.4, -0.2) is 17.1 Å². The average Bonchev–Trinajstić information content (AvgIpc) is 2.81. The molecule has 0 bridgehead atoms. The van der Waals surface area contributed by atoms with E-state index in [1.807, 2.05) is 13.8 Å². The number of benzene rings is 1. The fourth-order valence-corrected chi connectivity index (χ4v) is 3.20. The summed E-state index contributed by atoms with van der Waals surface area (Å²) >= 11 is 1.61. The molecular formula is C16H15FN2O2S. The number of fused-ring (bicyclic) bond motifs is 1. The predicted molar refractivity (Wildman–Crippen MR) is 84.2 cm³/mol. The Balaban J connectivity index is 1.86. The Hall–Kier alpha value is -2.21. The molecule has 0 fully saturated rings. The van der Waals surface area contributed by atoms with Crippen LogP contribution in [0.4, 0.5) is 4.39 Å². The number of rotatable bonds is 4. The Morgan fingerprint density at radius 2 is 2.05 bits per heavy atom. The molecule has 0 N–H and O–H groups in total. The highest BCUT2D eigenvalue weighted by Gasteiger charge is 2.13. The molecular weight excluding hydrogens is 303 g/mol. The topological polar surface area (TPSA) is 44.2 Å². The molecule has 0 aliphatic rings. The third-order valence-electron chi connectivity index (χ3n) is 3.52. The van der Waals surface area contributed by atoms with E-state index in [1.54, 1.807) is 23.5 Å². The van der Waals surface area contributed by atoms with Gasteiger partial charge in [-0.05, 0) is 37.1 Å². The highest BCUT2D eigenvalue weighted by Crippen LogP contribution is 2.34. The van der Waals surface area contributed by atoms with Crippen molar-refractivity contribution in [2.24, 2.45) is 0 Å². The lowest BCUT2D eigenvalue weighted by Crippen LogP contribution is -1.99. The molecule has 4 nitrogen and oxygen atoms in total. The first-order valence-corrected chi connectivity index (χ1v) is 7.57. The van der Waals surface area contributed by atoms with Crippen LogP contribution in [0.2, 0.25) is 0 Å². The van der Waals surface area contributed by atoms with Crippen LogP contribution in [-0.2, 0) is 6.61 Å². The first-order valence-electron chi connectivity index (χ1n) is 6.76. The molecule has 1 aromatic carbocycles. The molecule has 0 unspecified atom stereocenters. The largest absolute Gasteiger partial charge is 0.494 e.